The lowest BCUT2D eigenvalue weighted by Gasteiger charge is -2.20. The van der Waals surface area contributed by atoms with Crippen LogP contribution < -0.4 is 15.6 Å². The van der Waals surface area contributed by atoms with Crippen molar-refractivity contribution in [2.24, 2.45) is 0 Å². The molecule has 0 aromatic heterocycles. The number of hydrogen-bond donors (Lipinski definition) is 0. The first-order valence-electron chi connectivity index (χ1n) is 7.94. The van der Waals surface area contributed by atoms with Crippen LogP contribution >= 0.6 is 11.6 Å². The van der Waals surface area contributed by atoms with Gasteiger partial charge in [0.05, 0.1) is 0 Å². The summed E-state index contributed by atoms with van der Waals surface area (Å²) in [5, 5.41) is 5.01. The van der Waals surface area contributed by atoms with Crippen LogP contribution in [0.3, 0.4) is 0 Å². The first-order chi connectivity index (χ1) is 11.0. The molecule has 0 fully saturated rings. The molecule has 3 aromatic rings. The van der Waals surface area contributed by atoms with Crippen LogP contribution in [0.15, 0.2) is 66.7 Å². The van der Waals surface area contributed by atoms with E-state index in [0.29, 0.717) is 0 Å². The number of rotatable bonds is 3. The van der Waals surface area contributed by atoms with Gasteiger partial charge in [0.2, 0.25) is 0 Å². The second-order valence-corrected chi connectivity index (χ2v) is 9.51. The molecule has 116 valence electrons. The van der Waals surface area contributed by atoms with Gasteiger partial charge in [0, 0.05) is 5.02 Å². The van der Waals surface area contributed by atoms with Crippen LogP contribution in [0.2, 0.25) is 5.02 Å². The van der Waals surface area contributed by atoms with Crippen molar-refractivity contribution in [2.75, 3.05) is 0 Å². The zero-order valence-electron chi connectivity index (χ0n) is 13.8. The normalized spacial score (nSPS) is 12.2. The van der Waals surface area contributed by atoms with Crippen LogP contribution in [0.25, 0.3) is 0 Å². The minimum absolute atomic E-state index is 0.879. The lowest BCUT2D eigenvalue weighted by atomic mass is 10.2. The van der Waals surface area contributed by atoms with E-state index in [1.165, 1.54) is 32.3 Å². The molecule has 0 nitrogen and oxygen atoms in total. The number of aryl methyl sites for hydroxylation is 3. The summed E-state index contributed by atoms with van der Waals surface area (Å²) in [4.78, 5) is 0. The maximum absolute atomic E-state index is 6.56. The van der Waals surface area contributed by atoms with Gasteiger partial charge in [0.25, 0.3) is 0 Å². The third-order valence-electron chi connectivity index (χ3n) is 4.20. The molecular weight excluding hydrogens is 316 g/mol. The number of hydrogen-bond acceptors (Lipinski definition) is 0. The molecule has 0 saturated heterocycles. The summed E-state index contributed by atoms with van der Waals surface area (Å²) in [5.74, 6) is 0. The molecule has 0 radical (unpaired) electrons. The van der Waals surface area contributed by atoms with E-state index in [0.717, 1.165) is 5.02 Å². The summed E-state index contributed by atoms with van der Waals surface area (Å²) >= 11 is 6.56. The van der Waals surface area contributed by atoms with Gasteiger partial charge >= 0.3 is 0 Å². The Balaban J connectivity index is 2.21. The predicted molar refractivity (Wildman–Crippen MR) is 105 cm³/mol. The van der Waals surface area contributed by atoms with Crippen molar-refractivity contribution in [1.29, 1.82) is 0 Å². The van der Waals surface area contributed by atoms with Crippen LogP contribution in [-0.2, 0) is 0 Å². The molecule has 3 aromatic carbocycles. The third-order valence-corrected chi connectivity index (χ3v) is 7.91. The Hall–Kier alpha value is -1.83. The SMILES string of the molecule is Cc1ccc([SiH](c2cc(C)cc(C)c2)c2ccccc2Cl)cc1. The van der Waals surface area contributed by atoms with Crippen LogP contribution in [0.5, 0.6) is 0 Å². The van der Waals surface area contributed by atoms with Crippen LogP contribution in [0.4, 0.5) is 0 Å². The van der Waals surface area contributed by atoms with E-state index in [4.69, 9.17) is 11.6 Å². The first kappa shape index (κ1) is 16.0. The molecule has 1 atom stereocenters. The molecule has 0 aliphatic carbocycles. The highest BCUT2D eigenvalue weighted by Gasteiger charge is 2.21. The van der Waals surface area contributed by atoms with Crippen molar-refractivity contribution in [3.05, 3.63) is 88.4 Å². The van der Waals surface area contributed by atoms with E-state index in [9.17, 15) is 0 Å². The van der Waals surface area contributed by atoms with E-state index < -0.39 is 8.80 Å². The minimum Gasteiger partial charge on any atom is -0.0845 e. The molecule has 2 heteroatoms. The van der Waals surface area contributed by atoms with Crippen LogP contribution in [0, 0.1) is 20.8 Å². The molecule has 23 heavy (non-hydrogen) atoms. The Morgan fingerprint density at radius 3 is 1.87 bits per heavy atom. The topological polar surface area (TPSA) is 0 Å². The summed E-state index contributed by atoms with van der Waals surface area (Å²) in [6.07, 6.45) is 0. The van der Waals surface area contributed by atoms with E-state index >= 15 is 0 Å². The van der Waals surface area contributed by atoms with E-state index in [2.05, 4.69) is 75.4 Å². The molecule has 0 aliphatic heterocycles. The highest BCUT2D eigenvalue weighted by molar-refractivity contribution is 6.96. The van der Waals surface area contributed by atoms with Crippen LogP contribution in [-0.4, -0.2) is 8.80 Å². The predicted octanol–water partition coefficient (Wildman–Crippen LogP) is 3.51. The molecule has 0 saturated carbocycles. The maximum atomic E-state index is 6.56. The van der Waals surface area contributed by atoms with E-state index in [-0.39, 0.29) is 0 Å². The van der Waals surface area contributed by atoms with Crippen LogP contribution in [0.1, 0.15) is 16.7 Å². The molecule has 0 aliphatic rings. The molecule has 0 amide bonds. The van der Waals surface area contributed by atoms with Gasteiger partial charge in [0.15, 0.2) is 0 Å². The molecule has 1 unspecified atom stereocenters. The maximum Gasteiger partial charge on any atom is 0.134 e. The van der Waals surface area contributed by atoms with Crippen molar-refractivity contribution in [3.8, 4) is 0 Å². The second-order valence-electron chi connectivity index (χ2n) is 6.29. The Bertz CT molecular complexity index is 801. The standard InChI is InChI=1S/C21H21ClSi/c1-15-8-10-18(11-9-15)23(21-7-5-4-6-20(21)22)19-13-16(2)12-17(3)14-19/h4-14,23H,1-3H3. The summed E-state index contributed by atoms with van der Waals surface area (Å²) in [6, 6.07) is 24.1. The van der Waals surface area contributed by atoms with Gasteiger partial charge in [0.1, 0.15) is 8.80 Å². The van der Waals surface area contributed by atoms with Crippen molar-refractivity contribution in [2.45, 2.75) is 20.8 Å². The second kappa shape index (κ2) is 6.73. The Labute approximate surface area is 145 Å². The highest BCUT2D eigenvalue weighted by atomic mass is 35.5. The molecule has 0 spiro atoms. The van der Waals surface area contributed by atoms with Gasteiger partial charge < -0.3 is 0 Å². The molecule has 0 heterocycles. The zero-order valence-corrected chi connectivity index (χ0v) is 15.7. The lowest BCUT2D eigenvalue weighted by Crippen LogP contribution is -2.52. The number of benzene rings is 3. The van der Waals surface area contributed by atoms with Gasteiger partial charge in [-0.1, -0.05) is 99.3 Å². The molecular formula is C21H21ClSi. The van der Waals surface area contributed by atoms with Crippen molar-refractivity contribution in [3.63, 3.8) is 0 Å². The van der Waals surface area contributed by atoms with Crippen molar-refractivity contribution < 1.29 is 0 Å². The monoisotopic (exact) mass is 336 g/mol. The fraction of sp³-hybridized carbons (Fsp3) is 0.143. The smallest absolute Gasteiger partial charge is 0.0845 e. The first-order valence-corrected chi connectivity index (χ1v) is 10.0. The quantitative estimate of drug-likeness (QED) is 0.507. The Morgan fingerprint density at radius 1 is 0.652 bits per heavy atom. The summed E-state index contributed by atoms with van der Waals surface area (Å²) in [7, 11) is -1.56. The van der Waals surface area contributed by atoms with E-state index in [1.807, 2.05) is 12.1 Å². The molecule has 0 N–H and O–H groups in total. The number of halogens is 1. The average Bonchev–Trinajstić information content (AvgIpc) is 2.50. The molecule has 0 bridgehead atoms. The lowest BCUT2D eigenvalue weighted by molar-refractivity contribution is 1.40. The van der Waals surface area contributed by atoms with Gasteiger partial charge in [-0.2, -0.15) is 0 Å². The van der Waals surface area contributed by atoms with Crippen molar-refractivity contribution >= 4 is 36.0 Å². The van der Waals surface area contributed by atoms with E-state index in [1.54, 1.807) is 0 Å². The summed E-state index contributed by atoms with van der Waals surface area (Å²) in [5.41, 5.74) is 3.93. The largest absolute Gasteiger partial charge is 0.134 e. The average molecular weight is 337 g/mol. The Morgan fingerprint density at radius 2 is 1.26 bits per heavy atom. The van der Waals surface area contributed by atoms with Gasteiger partial charge in [-0.05, 0) is 32.0 Å². The summed E-state index contributed by atoms with van der Waals surface area (Å²) in [6.45, 7) is 6.47. The van der Waals surface area contributed by atoms with Gasteiger partial charge in [-0.15, -0.1) is 0 Å². The fourth-order valence-corrected chi connectivity index (χ4v) is 6.87. The minimum atomic E-state index is -1.56. The van der Waals surface area contributed by atoms with Gasteiger partial charge in [-0.25, -0.2) is 0 Å². The fourth-order valence-electron chi connectivity index (χ4n) is 3.20. The third kappa shape index (κ3) is 3.57. The zero-order chi connectivity index (χ0) is 16.4. The van der Waals surface area contributed by atoms with Gasteiger partial charge in [-0.3, -0.25) is 0 Å². The Kier molecular flexibility index (Phi) is 4.70. The molecule has 3 rings (SSSR count). The van der Waals surface area contributed by atoms with Crippen molar-refractivity contribution in [1.82, 2.24) is 0 Å². The summed E-state index contributed by atoms with van der Waals surface area (Å²) < 4.78 is 0. The highest BCUT2D eigenvalue weighted by Crippen LogP contribution is 2.09.